The first-order chi connectivity index (χ1) is 20.4. The molecule has 0 aliphatic rings. The Morgan fingerprint density at radius 1 is 0.750 bits per heavy atom. The van der Waals surface area contributed by atoms with E-state index in [4.69, 9.17) is 11.5 Å². The van der Waals surface area contributed by atoms with Gasteiger partial charge in [0.05, 0.1) is 12.6 Å². The van der Waals surface area contributed by atoms with Crippen LogP contribution < -0.4 is 32.7 Å². The van der Waals surface area contributed by atoms with E-state index in [0.717, 1.165) is 5.56 Å². The fourth-order valence-corrected chi connectivity index (χ4v) is 4.58. The number of nitrogens with one attached hydrogen (secondary N) is 4. The fourth-order valence-electron chi connectivity index (χ4n) is 4.20. The molecule has 5 amide bonds. The molecule has 0 aliphatic heterocycles. The van der Waals surface area contributed by atoms with E-state index in [2.05, 4.69) is 46.5 Å². The van der Waals surface area contributed by atoms with Crippen LogP contribution in [0.1, 0.15) is 38.8 Å². The lowest BCUT2D eigenvalue weighted by Crippen LogP contribution is -2.61. The molecule has 12 nitrogen and oxygen atoms in total. The number of hydrogen-bond acceptors (Lipinski definition) is 9. The first-order valence-corrected chi connectivity index (χ1v) is 14.8. The Morgan fingerprint density at radius 3 is 1.80 bits per heavy atom. The summed E-state index contributed by atoms with van der Waals surface area (Å²) in [4.78, 5) is 64.1. The lowest BCUT2D eigenvalue weighted by atomic mass is 10.00. The summed E-state index contributed by atoms with van der Waals surface area (Å²) >= 11 is 8.82. The van der Waals surface area contributed by atoms with E-state index in [0.29, 0.717) is 5.56 Å². The van der Waals surface area contributed by atoms with Gasteiger partial charge in [0.25, 0.3) is 0 Å². The highest BCUT2D eigenvalue weighted by Gasteiger charge is 2.36. The van der Waals surface area contributed by atoms with Gasteiger partial charge < -0.3 is 37.8 Å². The van der Waals surface area contributed by atoms with Crippen LogP contribution in [0.25, 0.3) is 0 Å². The molecule has 2 aromatic carbocycles. The van der Waals surface area contributed by atoms with E-state index >= 15 is 0 Å². The highest BCUT2D eigenvalue weighted by molar-refractivity contribution is 7.82. The minimum absolute atomic E-state index is 0.0767. The van der Waals surface area contributed by atoms with Gasteiger partial charge in [-0.15, -0.1) is 0 Å². The molecule has 240 valence electrons. The van der Waals surface area contributed by atoms with Crippen molar-refractivity contribution in [3.05, 3.63) is 65.7 Å². The van der Waals surface area contributed by atoms with E-state index in [1.54, 1.807) is 70.2 Å². The van der Waals surface area contributed by atoms with Crippen LogP contribution in [0.2, 0.25) is 0 Å². The van der Waals surface area contributed by atoms with Crippen molar-refractivity contribution in [3.63, 3.8) is 0 Å². The van der Waals surface area contributed by atoms with Gasteiger partial charge in [0.2, 0.25) is 29.5 Å². The quantitative estimate of drug-likeness (QED) is 0.121. The Bertz CT molecular complexity index is 1310. The van der Waals surface area contributed by atoms with E-state index in [1.165, 1.54) is 12.1 Å². The van der Waals surface area contributed by atoms with Gasteiger partial charge >= 0.3 is 0 Å². The normalized spacial score (nSPS) is 14.3. The van der Waals surface area contributed by atoms with Gasteiger partial charge in [-0.1, -0.05) is 42.5 Å². The molecule has 4 atom stereocenters. The molecule has 9 N–H and O–H groups in total. The number of aromatic hydroxyl groups is 1. The summed E-state index contributed by atoms with van der Waals surface area (Å²) in [6, 6.07) is 10.7. The fraction of sp³-hybridized carbons (Fsp3) is 0.433. The number of carbonyl (C=O) groups excluding carboxylic acids is 5. The maximum Gasteiger partial charge on any atom is 0.244 e. The molecule has 0 saturated heterocycles. The van der Waals surface area contributed by atoms with Gasteiger partial charge in [-0.3, -0.25) is 24.0 Å². The van der Waals surface area contributed by atoms with Crippen LogP contribution in [0, 0.1) is 0 Å². The molecule has 0 heterocycles. The first-order valence-electron chi connectivity index (χ1n) is 13.9. The molecule has 0 bridgehead atoms. The smallest absolute Gasteiger partial charge is 0.244 e. The molecule has 14 heteroatoms. The predicted molar refractivity (Wildman–Crippen MR) is 174 cm³/mol. The van der Waals surface area contributed by atoms with Gasteiger partial charge in [0.15, 0.2) is 0 Å². The number of primary amides is 1. The molecule has 0 unspecified atom stereocenters. The number of phenols is 1. The van der Waals surface area contributed by atoms with Crippen LogP contribution in [-0.2, 0) is 36.8 Å². The summed E-state index contributed by atoms with van der Waals surface area (Å²) in [7, 11) is 0. The summed E-state index contributed by atoms with van der Waals surface area (Å²) < 4.78 is -2.03. The van der Waals surface area contributed by atoms with Crippen molar-refractivity contribution in [2.24, 2.45) is 11.5 Å². The number of rotatable bonds is 15. The van der Waals surface area contributed by atoms with Crippen molar-refractivity contribution in [2.45, 2.75) is 74.2 Å². The van der Waals surface area contributed by atoms with Crippen molar-refractivity contribution in [1.29, 1.82) is 0 Å². The monoisotopic (exact) mass is 646 g/mol. The molecular formula is C30H42N6O6S2. The van der Waals surface area contributed by atoms with Gasteiger partial charge in [0.1, 0.15) is 23.9 Å². The number of amides is 5. The molecule has 0 aliphatic carbocycles. The molecule has 0 saturated carbocycles. The third-order valence-corrected chi connectivity index (χ3v) is 7.14. The van der Waals surface area contributed by atoms with Crippen LogP contribution in [0.15, 0.2) is 54.6 Å². The zero-order chi connectivity index (χ0) is 33.2. The minimum Gasteiger partial charge on any atom is -0.508 e. The molecular weight excluding hydrogens is 605 g/mol. The predicted octanol–water partition coefficient (Wildman–Crippen LogP) is -0.0226. The van der Waals surface area contributed by atoms with Gasteiger partial charge in [-0.05, 0) is 57.4 Å². The summed E-state index contributed by atoms with van der Waals surface area (Å²) in [6.07, 6.45) is 0.244. The van der Waals surface area contributed by atoms with Crippen molar-refractivity contribution < 1.29 is 29.1 Å². The van der Waals surface area contributed by atoms with Gasteiger partial charge in [0, 0.05) is 15.9 Å². The second-order valence-corrected chi connectivity index (χ2v) is 13.9. The van der Waals surface area contributed by atoms with Crippen molar-refractivity contribution in [1.82, 2.24) is 21.3 Å². The molecule has 0 spiro atoms. The number of benzene rings is 2. The van der Waals surface area contributed by atoms with Crippen LogP contribution in [0.5, 0.6) is 5.75 Å². The summed E-state index contributed by atoms with van der Waals surface area (Å²) in [5, 5.41) is 19.7. The zero-order valence-corrected chi connectivity index (χ0v) is 27.0. The third kappa shape index (κ3) is 11.7. The van der Waals surface area contributed by atoms with E-state index in [9.17, 15) is 29.1 Å². The summed E-state index contributed by atoms with van der Waals surface area (Å²) in [6.45, 7) is 5.94. The van der Waals surface area contributed by atoms with Gasteiger partial charge in [-0.25, -0.2) is 0 Å². The van der Waals surface area contributed by atoms with E-state index in [1.807, 2.05) is 0 Å². The van der Waals surface area contributed by atoms with E-state index < -0.39 is 69.7 Å². The highest BCUT2D eigenvalue weighted by atomic mass is 32.1. The lowest BCUT2D eigenvalue weighted by Gasteiger charge is -2.31. The van der Waals surface area contributed by atoms with Crippen LogP contribution in [-0.4, -0.2) is 74.8 Å². The molecule has 44 heavy (non-hydrogen) atoms. The Kier molecular flexibility index (Phi) is 13.1. The van der Waals surface area contributed by atoms with E-state index in [-0.39, 0.29) is 18.6 Å². The number of nitrogens with two attached hydrogens (primary N) is 2. The number of thiol groups is 2. The zero-order valence-electron chi connectivity index (χ0n) is 25.2. The first kappa shape index (κ1) is 36.4. The number of carbonyl (C=O) groups is 5. The van der Waals surface area contributed by atoms with Crippen LogP contribution in [0.3, 0.4) is 0 Å². The Balaban J connectivity index is 2.09. The third-order valence-electron chi connectivity index (χ3n) is 6.62. The lowest BCUT2D eigenvalue weighted by molar-refractivity contribution is -0.133. The Hall–Kier alpha value is -3.75. The second-order valence-electron chi connectivity index (χ2n) is 11.6. The molecule has 0 aromatic heterocycles. The maximum absolute atomic E-state index is 13.2. The summed E-state index contributed by atoms with van der Waals surface area (Å²) in [5.41, 5.74) is 13.0. The van der Waals surface area contributed by atoms with Crippen molar-refractivity contribution >= 4 is 54.8 Å². The van der Waals surface area contributed by atoms with Crippen molar-refractivity contribution in [2.75, 3.05) is 6.54 Å². The van der Waals surface area contributed by atoms with Gasteiger partial charge in [-0.2, -0.15) is 25.3 Å². The maximum atomic E-state index is 13.2. The average Bonchev–Trinajstić information content (AvgIpc) is 2.93. The highest BCUT2D eigenvalue weighted by Crippen LogP contribution is 2.19. The molecule has 2 aromatic rings. The second kappa shape index (κ2) is 15.8. The Morgan fingerprint density at radius 2 is 1.27 bits per heavy atom. The van der Waals surface area contributed by atoms with Crippen LogP contribution >= 0.6 is 25.3 Å². The largest absolute Gasteiger partial charge is 0.508 e. The van der Waals surface area contributed by atoms with Crippen molar-refractivity contribution in [3.8, 4) is 5.75 Å². The average molecular weight is 647 g/mol. The number of hydrogen-bond donors (Lipinski definition) is 9. The van der Waals surface area contributed by atoms with Crippen LogP contribution in [0.4, 0.5) is 0 Å². The molecule has 0 fully saturated rings. The summed E-state index contributed by atoms with van der Waals surface area (Å²) in [5.74, 6) is -3.38. The Labute approximate surface area is 268 Å². The molecule has 2 rings (SSSR count). The molecule has 0 radical (unpaired) electrons. The topological polar surface area (TPSA) is 206 Å². The minimum atomic E-state index is -1.17. The number of phenolic OH excluding ortho intramolecular Hbond substituents is 1. The SMILES string of the molecule is CC(C)(S)[C@@H](NC(=O)[C@H](Cc1ccccc1)NC(=O)CNC(=O)[C@H](NC(=O)[C@@H](N)Cc1ccc(O)cc1)C(C)(C)S)C(N)=O. The standard InChI is InChI=1S/C30H42N6O6S2/c1-29(2,43)23(25(32)39)35-27(41)21(15-17-8-6-5-7-9-17)34-22(38)16-33-28(42)24(30(3,4)44)36-26(40)20(31)14-18-10-12-19(37)13-11-18/h5-13,20-21,23-24,37,43-44H,14-16,31H2,1-4H3,(H2,32,39)(H,33,42)(H,34,38)(H,35,41)(H,36,40)/t20-,21-,23-,24-/m0/s1.